The molecule has 0 saturated heterocycles. The molecule has 10 aliphatic rings. The third-order valence-electron chi connectivity index (χ3n) is 28.1. The number of phenols is 4. The van der Waals surface area contributed by atoms with E-state index in [1.54, 1.807) is 160 Å². The summed E-state index contributed by atoms with van der Waals surface area (Å²) in [7, 11) is 2.97. The number of nitrogens with zero attached hydrogens (tertiary/aromatic N) is 15. The summed E-state index contributed by atoms with van der Waals surface area (Å²) in [6.07, 6.45) is 15.5. The predicted molar refractivity (Wildman–Crippen MR) is 510 cm³/mol. The maximum atomic E-state index is 13.6. The van der Waals surface area contributed by atoms with Crippen LogP contribution in [0.2, 0.25) is 0 Å². The fourth-order valence-corrected chi connectivity index (χ4v) is 21.7. The molecule has 15 aromatic rings. The normalized spacial score (nSPS) is 20.2. The Morgan fingerprint density at radius 2 is 0.848 bits per heavy atom. The van der Waals surface area contributed by atoms with E-state index in [2.05, 4.69) is 0 Å². The molecule has 9 aliphatic heterocycles. The first-order valence-corrected chi connectivity index (χ1v) is 45.5. The molecule has 0 bridgehead atoms. The van der Waals surface area contributed by atoms with Crippen molar-refractivity contribution >= 4 is 12.4 Å². The zero-order valence-electron chi connectivity index (χ0n) is 76.8. The van der Waals surface area contributed by atoms with Gasteiger partial charge in [-0.2, -0.15) is 4.52 Å². The van der Waals surface area contributed by atoms with E-state index in [1.807, 2.05) is 146 Å². The van der Waals surface area contributed by atoms with Crippen LogP contribution < -0.4 is 85.3 Å². The molecule has 7 unspecified atom stereocenters. The van der Waals surface area contributed by atoms with E-state index in [0.29, 0.717) is 75.8 Å². The van der Waals surface area contributed by atoms with Crippen LogP contribution in [0.3, 0.4) is 0 Å². The Kier molecular flexibility index (Phi) is 20.6. The van der Waals surface area contributed by atoms with Gasteiger partial charge in [0.1, 0.15) is 91.5 Å². The van der Waals surface area contributed by atoms with Crippen LogP contribution in [0, 0.1) is 17.8 Å². The molecule has 138 heavy (non-hydrogen) atoms. The number of aromatic nitrogens is 15. The Morgan fingerprint density at radius 1 is 0.391 bits per heavy atom. The van der Waals surface area contributed by atoms with Crippen molar-refractivity contribution in [3.63, 3.8) is 0 Å². The molecule has 704 valence electrons. The number of fused-ring (bicyclic) bond motifs is 26. The van der Waals surface area contributed by atoms with Gasteiger partial charge in [0.25, 0.3) is 0 Å². The molecule has 35 heteroatoms. The van der Waals surface area contributed by atoms with Gasteiger partial charge in [-0.1, -0.05) is 97.1 Å². The molecule has 4 N–H and O–H groups in total. The van der Waals surface area contributed by atoms with Gasteiger partial charge in [-0.3, -0.25) is 0 Å². The highest BCUT2D eigenvalue weighted by Crippen LogP contribution is 2.57. The Labute approximate surface area is 783 Å². The lowest BCUT2D eigenvalue weighted by Gasteiger charge is -2.49. The summed E-state index contributed by atoms with van der Waals surface area (Å²) in [5.41, 5.74) is 1.60. The van der Waals surface area contributed by atoms with Gasteiger partial charge in [-0.05, 0) is 202 Å². The highest BCUT2D eigenvalue weighted by molar-refractivity contribution is 5.74. The molecule has 6 aromatic heterocycles. The largest absolute Gasteiger partial charge is 0.508 e. The SMILES string of the molecule is CC1(C)Oc2cc(O)ccc2C2C1C=Cn1c(=O)n(-c3ccccc3)c(=O)n12.CC1(C)Oc2ccccc2C2C1=CCn1c(=O)n(-c3ccccc3)c(=O)n12.COc1cccc(-n2c(=O)n3n(c2=O)C2c4ccc(O)cc4OC(C)(C)C2C=C3)c1.Cn1c(=O)n2ccc3c(n2c1=O)-c1ccc(O)cc1OC3(C)C.O=c1n(-c2ccccc2)c(=O)n2n1CCC1C2c2ccc(O)cc2OC12CCCC2. The molecule has 35 nitrogen and oxygen atoms in total. The van der Waals surface area contributed by atoms with Crippen LogP contribution in [-0.2, 0) is 25.7 Å². The summed E-state index contributed by atoms with van der Waals surface area (Å²) in [6.45, 7) is 16.3. The minimum atomic E-state index is -0.705. The number of methoxy groups -OCH3 is 1. The van der Waals surface area contributed by atoms with Gasteiger partial charge in [0.15, 0.2) is 0 Å². The molecule has 1 saturated carbocycles. The maximum absolute atomic E-state index is 13.6. The number of aromatic hydroxyl groups is 4. The third-order valence-corrected chi connectivity index (χ3v) is 28.1. The molecule has 0 radical (unpaired) electrons. The Morgan fingerprint density at radius 3 is 1.39 bits per heavy atom. The van der Waals surface area contributed by atoms with E-state index in [9.17, 15) is 68.4 Å². The van der Waals surface area contributed by atoms with Crippen LogP contribution in [0.1, 0.15) is 139 Å². The standard InChI is InChI=1S/C23H23N3O4.C22H21N3O5.C21H19N3O4.C21H19N3O3.C16H15N3O4/c27-16-8-9-17-19(14-16)30-23(11-4-5-12-23)18-10-13-24-21(28)25(15-6-2-1-3-7-15)22(29)26(24)20(17)18;1-22(2)17-9-10-23-20(27)24(13-5-4-6-15(11-13)29-3)21(28)25(23)19(17)16-8-7-14(26)12-18(16)30-22;1-21(2)16-10-11-22-19(26)23(13-6-4-3-5-7-13)20(27)24(22)18(16)15-9-8-14(25)12-17(15)28-21;1-21(2)16-12-13-22-19(25)23(14-8-4-3-5-9-14)20(26)24(22)18(16)15-10-6-7-11-17(15)27-21;1-16(2)11-6-7-18-14(21)17(3)15(22)19(18)13(11)10-5-4-9(20)8-12(10)23-16/h1-3,6-9,14,18,20,27H,4-5,10-13H2;4-12,17,19,26H,1-3H3;3-12,16,18,25H,1-2H3;3-12,18H,13H2,1-2H3;4-8,20H,1-3H3. The van der Waals surface area contributed by atoms with Gasteiger partial charge < -0.3 is 48.8 Å². The Hall–Kier alpha value is -16.6. The van der Waals surface area contributed by atoms with Gasteiger partial charge in [0, 0.05) is 114 Å². The minimum absolute atomic E-state index is 0.0766. The monoisotopic (exact) mass is 1860 g/mol. The molecule has 1 aliphatic carbocycles. The number of hydrogen-bond acceptors (Lipinski definition) is 20. The minimum Gasteiger partial charge on any atom is -0.508 e. The molecule has 25 rings (SSSR count). The van der Waals surface area contributed by atoms with Gasteiger partial charge in [-0.25, -0.2) is 113 Å². The molecular formula is C103H97N15O20. The number of para-hydroxylation sites is 4. The third kappa shape index (κ3) is 13.9. The van der Waals surface area contributed by atoms with Crippen LogP contribution in [0.5, 0.6) is 57.5 Å². The molecule has 1 fully saturated rings. The lowest BCUT2D eigenvalue weighted by atomic mass is 9.73. The second kappa shape index (κ2) is 32.3. The zero-order valence-corrected chi connectivity index (χ0v) is 76.8. The molecule has 15 heterocycles. The van der Waals surface area contributed by atoms with Crippen molar-refractivity contribution in [3.8, 4) is 91.5 Å². The second-order valence-electron chi connectivity index (χ2n) is 37.9. The van der Waals surface area contributed by atoms with Crippen molar-refractivity contribution in [2.45, 2.75) is 153 Å². The first-order chi connectivity index (χ1) is 66.1. The number of rotatable bonds is 5. The van der Waals surface area contributed by atoms with Gasteiger partial charge >= 0.3 is 56.9 Å². The maximum Gasteiger partial charge on any atom is 0.356 e. The quantitative estimate of drug-likeness (QED) is 0.116. The van der Waals surface area contributed by atoms with Gasteiger partial charge in [0.2, 0.25) is 0 Å². The highest BCUT2D eigenvalue weighted by Gasteiger charge is 2.56. The van der Waals surface area contributed by atoms with Crippen molar-refractivity contribution in [1.29, 1.82) is 0 Å². The molecule has 0 amide bonds. The Balaban J connectivity index is 0.000000103. The fraction of sp³-hybridized carbons (Fsp3) is 0.282. The smallest absolute Gasteiger partial charge is 0.356 e. The number of phenolic OH excluding ortho intramolecular Hbond substituents is 4. The zero-order chi connectivity index (χ0) is 96.6. The average Bonchev–Trinajstić information content (AvgIpc) is 1.54. The average molecular weight is 1860 g/mol. The summed E-state index contributed by atoms with van der Waals surface area (Å²) in [6, 6.07) is 61.3. The summed E-state index contributed by atoms with van der Waals surface area (Å²) in [5, 5.41) is 39.6. The second-order valence-corrected chi connectivity index (χ2v) is 37.9. The summed E-state index contributed by atoms with van der Waals surface area (Å²) >= 11 is 0. The predicted octanol–water partition coefficient (Wildman–Crippen LogP) is 11.2. The first-order valence-electron chi connectivity index (χ1n) is 45.5. The van der Waals surface area contributed by atoms with Crippen molar-refractivity contribution in [3.05, 3.63) is 381 Å². The summed E-state index contributed by atoms with van der Waals surface area (Å²) < 4.78 is 56.7. The van der Waals surface area contributed by atoms with Crippen molar-refractivity contribution in [2.24, 2.45) is 24.8 Å². The van der Waals surface area contributed by atoms with Gasteiger partial charge in [-0.15, -0.1) is 0 Å². The number of ether oxygens (including phenoxy) is 6. The van der Waals surface area contributed by atoms with Crippen LogP contribution in [0.15, 0.2) is 296 Å². The highest BCUT2D eigenvalue weighted by atomic mass is 16.5. The summed E-state index contributed by atoms with van der Waals surface area (Å²) in [4.78, 5) is 131. The summed E-state index contributed by atoms with van der Waals surface area (Å²) in [5.74, 6) is 3.55. The molecule has 7 atom stereocenters. The van der Waals surface area contributed by atoms with Crippen molar-refractivity contribution in [2.75, 3.05) is 7.11 Å². The van der Waals surface area contributed by atoms with Crippen LogP contribution >= 0.6 is 0 Å². The van der Waals surface area contributed by atoms with E-state index >= 15 is 0 Å². The number of hydrogen-bond donors (Lipinski definition) is 4. The number of allylic oxidation sites excluding steroid dienone is 1. The molecule has 1 spiro atoms. The van der Waals surface area contributed by atoms with Gasteiger partial charge in [0.05, 0.1) is 60.2 Å². The van der Waals surface area contributed by atoms with Crippen LogP contribution in [-0.4, -0.2) is 119 Å². The van der Waals surface area contributed by atoms with E-state index < -0.39 is 68.6 Å². The fourth-order valence-electron chi connectivity index (χ4n) is 21.7. The lowest BCUT2D eigenvalue weighted by molar-refractivity contribution is -0.0451. The van der Waals surface area contributed by atoms with Crippen LogP contribution in [0.4, 0.5) is 0 Å². The van der Waals surface area contributed by atoms with E-state index in [0.717, 1.165) is 80.4 Å². The molecular weight excluding hydrogens is 1770 g/mol. The van der Waals surface area contributed by atoms with Crippen molar-refractivity contribution < 1.29 is 48.8 Å². The lowest BCUT2D eigenvalue weighted by Crippen LogP contribution is -2.54. The van der Waals surface area contributed by atoms with E-state index in [4.69, 9.17) is 28.4 Å². The molecule has 9 aromatic carbocycles. The topological polar surface area (TPSA) is 380 Å². The van der Waals surface area contributed by atoms with E-state index in [-0.39, 0.29) is 81.2 Å². The Bertz CT molecular complexity index is 8300. The van der Waals surface area contributed by atoms with E-state index in [1.165, 1.54) is 78.5 Å². The first kappa shape index (κ1) is 88.0. The van der Waals surface area contributed by atoms with Crippen LogP contribution in [0.25, 0.3) is 46.4 Å². The van der Waals surface area contributed by atoms with Crippen molar-refractivity contribution in [1.82, 2.24) is 69.3 Å². The number of benzene rings is 9.